The van der Waals surface area contributed by atoms with Gasteiger partial charge in [-0.2, -0.15) is 0 Å². The third-order valence-corrected chi connectivity index (χ3v) is 3.78. The van der Waals surface area contributed by atoms with Gasteiger partial charge in [0.25, 0.3) is 0 Å². The summed E-state index contributed by atoms with van der Waals surface area (Å²) in [4.78, 5) is 1.37. The molecule has 0 spiro atoms. The first kappa shape index (κ1) is 13.6. The number of oxime groups is 1. The van der Waals surface area contributed by atoms with Crippen molar-refractivity contribution < 1.29 is 5.21 Å². The van der Waals surface area contributed by atoms with Gasteiger partial charge in [-0.1, -0.05) is 35.5 Å². The number of nitrogens with two attached hydrogens (primary N) is 1. The molecule has 0 fully saturated rings. The average Bonchev–Trinajstić information content (AvgIpc) is 2.96. The van der Waals surface area contributed by atoms with E-state index < -0.39 is 0 Å². The molecule has 0 aliphatic heterocycles. The minimum Gasteiger partial charge on any atom is -0.409 e. The van der Waals surface area contributed by atoms with Crippen LogP contribution in [0.15, 0.2) is 46.9 Å². The van der Waals surface area contributed by atoms with E-state index in [1.165, 1.54) is 4.88 Å². The first-order valence-electron chi connectivity index (χ1n) is 6.10. The Labute approximate surface area is 116 Å². The normalized spacial score (nSPS) is 11.7. The minimum atomic E-state index is 0.149. The van der Waals surface area contributed by atoms with Crippen molar-refractivity contribution in [3.05, 3.63) is 57.8 Å². The summed E-state index contributed by atoms with van der Waals surface area (Å²) < 4.78 is 0. The molecule has 1 aromatic carbocycles. The van der Waals surface area contributed by atoms with E-state index in [2.05, 4.69) is 28.0 Å². The molecule has 1 heterocycles. The van der Waals surface area contributed by atoms with Crippen LogP contribution in [0.2, 0.25) is 0 Å². The average molecular weight is 275 g/mol. The summed E-state index contributed by atoms with van der Waals surface area (Å²) in [7, 11) is 0. The van der Waals surface area contributed by atoms with E-state index in [9.17, 15) is 0 Å². The van der Waals surface area contributed by atoms with E-state index in [1.54, 1.807) is 11.3 Å². The topological polar surface area (TPSA) is 70.6 Å². The number of benzene rings is 1. The van der Waals surface area contributed by atoms with E-state index in [0.717, 1.165) is 24.1 Å². The molecule has 0 saturated heterocycles. The molecule has 100 valence electrons. The first-order chi connectivity index (χ1) is 9.31. The lowest BCUT2D eigenvalue weighted by atomic mass is 10.1. The lowest BCUT2D eigenvalue weighted by Gasteiger charge is -2.09. The number of hydrogen-bond donors (Lipinski definition) is 3. The van der Waals surface area contributed by atoms with Crippen LogP contribution in [0.25, 0.3) is 0 Å². The van der Waals surface area contributed by atoms with Crippen LogP contribution < -0.4 is 11.1 Å². The highest BCUT2D eigenvalue weighted by Crippen LogP contribution is 2.10. The van der Waals surface area contributed by atoms with Crippen molar-refractivity contribution in [3.63, 3.8) is 0 Å². The molecule has 2 aromatic rings. The smallest absolute Gasteiger partial charge is 0.170 e. The van der Waals surface area contributed by atoms with Crippen molar-refractivity contribution in [2.75, 3.05) is 6.54 Å². The lowest BCUT2D eigenvalue weighted by Crippen LogP contribution is -2.21. The molecule has 0 radical (unpaired) electrons. The third kappa shape index (κ3) is 3.81. The zero-order chi connectivity index (χ0) is 13.5. The molecule has 0 amide bonds. The maximum absolute atomic E-state index is 8.75. The Balaban J connectivity index is 1.89. The van der Waals surface area contributed by atoms with Crippen LogP contribution in [0.3, 0.4) is 0 Å². The monoisotopic (exact) mass is 275 g/mol. The molecule has 0 unspecified atom stereocenters. The molecule has 4 nitrogen and oxygen atoms in total. The Kier molecular flexibility index (Phi) is 4.94. The Morgan fingerprint density at radius 3 is 2.84 bits per heavy atom. The van der Waals surface area contributed by atoms with Gasteiger partial charge in [-0.15, -0.1) is 11.3 Å². The highest BCUT2D eigenvalue weighted by molar-refractivity contribution is 7.09. The second-order valence-corrected chi connectivity index (χ2v) is 5.18. The van der Waals surface area contributed by atoms with E-state index in [1.807, 2.05) is 24.3 Å². The fourth-order valence-corrected chi connectivity index (χ4v) is 2.58. The first-order valence-corrected chi connectivity index (χ1v) is 6.98. The number of amidine groups is 1. The summed E-state index contributed by atoms with van der Waals surface area (Å²) in [6, 6.07) is 11.9. The summed E-state index contributed by atoms with van der Waals surface area (Å²) in [6.45, 7) is 1.61. The van der Waals surface area contributed by atoms with Crippen molar-refractivity contribution in [1.82, 2.24) is 5.32 Å². The van der Waals surface area contributed by atoms with E-state index in [0.29, 0.717) is 6.54 Å². The number of nitrogens with zero attached hydrogens (tertiary/aromatic N) is 1. The Hall–Kier alpha value is -1.85. The standard InChI is InChI=1S/C14H17N3OS/c15-14(17-18)13-6-2-1-4-11(13)10-16-8-7-12-5-3-9-19-12/h1-6,9,16,18H,7-8,10H2,(H2,15,17). The van der Waals surface area contributed by atoms with Gasteiger partial charge in [0.2, 0.25) is 0 Å². The highest BCUT2D eigenvalue weighted by Gasteiger charge is 2.05. The summed E-state index contributed by atoms with van der Waals surface area (Å²) >= 11 is 1.77. The van der Waals surface area contributed by atoms with E-state index in [4.69, 9.17) is 10.9 Å². The predicted octanol–water partition coefficient (Wildman–Crippen LogP) is 2.17. The molecule has 19 heavy (non-hydrogen) atoms. The van der Waals surface area contributed by atoms with Crippen LogP contribution in [-0.2, 0) is 13.0 Å². The van der Waals surface area contributed by atoms with Crippen molar-refractivity contribution in [2.24, 2.45) is 10.9 Å². The molecular weight excluding hydrogens is 258 g/mol. The second kappa shape index (κ2) is 6.92. The quantitative estimate of drug-likeness (QED) is 0.249. The van der Waals surface area contributed by atoms with Crippen LogP contribution in [0.4, 0.5) is 0 Å². The van der Waals surface area contributed by atoms with Gasteiger partial charge in [0, 0.05) is 23.5 Å². The fraction of sp³-hybridized carbons (Fsp3) is 0.214. The van der Waals surface area contributed by atoms with Crippen LogP contribution in [0.1, 0.15) is 16.0 Å². The van der Waals surface area contributed by atoms with Gasteiger partial charge in [-0.05, 0) is 23.4 Å². The van der Waals surface area contributed by atoms with Gasteiger partial charge in [0.1, 0.15) is 0 Å². The Morgan fingerprint density at radius 1 is 1.26 bits per heavy atom. The maximum Gasteiger partial charge on any atom is 0.170 e. The third-order valence-electron chi connectivity index (χ3n) is 2.84. The highest BCUT2D eigenvalue weighted by atomic mass is 32.1. The summed E-state index contributed by atoms with van der Waals surface area (Å²) in [6.07, 6.45) is 1.02. The number of nitrogens with one attached hydrogen (secondary N) is 1. The Morgan fingerprint density at radius 2 is 2.11 bits per heavy atom. The van der Waals surface area contributed by atoms with E-state index >= 15 is 0 Å². The van der Waals surface area contributed by atoms with Gasteiger partial charge in [0.15, 0.2) is 5.84 Å². The molecule has 0 aliphatic rings. The summed E-state index contributed by atoms with van der Waals surface area (Å²) in [5.74, 6) is 0.149. The van der Waals surface area contributed by atoms with Gasteiger partial charge in [0.05, 0.1) is 0 Å². The summed E-state index contributed by atoms with van der Waals surface area (Å²) in [5.41, 5.74) is 7.45. The zero-order valence-electron chi connectivity index (χ0n) is 10.5. The van der Waals surface area contributed by atoms with E-state index in [-0.39, 0.29) is 5.84 Å². The molecule has 5 heteroatoms. The number of thiophene rings is 1. The molecule has 0 aliphatic carbocycles. The van der Waals surface area contributed by atoms with Crippen molar-refractivity contribution in [3.8, 4) is 0 Å². The van der Waals surface area contributed by atoms with Gasteiger partial charge >= 0.3 is 0 Å². The van der Waals surface area contributed by atoms with Crippen LogP contribution in [0.5, 0.6) is 0 Å². The fourth-order valence-electron chi connectivity index (χ4n) is 1.87. The van der Waals surface area contributed by atoms with Gasteiger partial charge in [-0.25, -0.2) is 0 Å². The molecule has 2 rings (SSSR count). The maximum atomic E-state index is 8.75. The number of hydrogen-bond acceptors (Lipinski definition) is 4. The second-order valence-electron chi connectivity index (χ2n) is 4.15. The number of rotatable bonds is 6. The summed E-state index contributed by atoms with van der Waals surface area (Å²) in [5, 5.41) is 17.3. The SMILES string of the molecule is NC(=NO)c1ccccc1CNCCc1cccs1. The molecular formula is C14H17N3OS. The largest absolute Gasteiger partial charge is 0.409 e. The molecule has 4 N–H and O–H groups in total. The van der Waals surface area contributed by atoms with Crippen molar-refractivity contribution in [2.45, 2.75) is 13.0 Å². The van der Waals surface area contributed by atoms with Crippen LogP contribution >= 0.6 is 11.3 Å². The van der Waals surface area contributed by atoms with Gasteiger partial charge in [-0.3, -0.25) is 0 Å². The van der Waals surface area contributed by atoms with Crippen molar-refractivity contribution >= 4 is 17.2 Å². The van der Waals surface area contributed by atoms with Crippen molar-refractivity contribution in [1.29, 1.82) is 0 Å². The predicted molar refractivity (Wildman–Crippen MR) is 78.7 cm³/mol. The lowest BCUT2D eigenvalue weighted by molar-refractivity contribution is 0.318. The molecule has 0 atom stereocenters. The van der Waals surface area contributed by atoms with Crippen LogP contribution in [-0.4, -0.2) is 17.6 Å². The Bertz CT molecular complexity index is 537. The molecule has 1 aromatic heterocycles. The zero-order valence-corrected chi connectivity index (χ0v) is 11.4. The van der Waals surface area contributed by atoms with Crippen LogP contribution in [0, 0.1) is 0 Å². The minimum absolute atomic E-state index is 0.149. The molecule has 0 saturated carbocycles. The van der Waals surface area contributed by atoms with Gasteiger partial charge < -0.3 is 16.3 Å². The molecule has 0 bridgehead atoms.